The first-order chi connectivity index (χ1) is 17.0. The maximum atomic E-state index is 13.7. The fourth-order valence-electron chi connectivity index (χ4n) is 4.36. The zero-order chi connectivity index (χ0) is 24.8. The Bertz CT molecular complexity index is 1260. The molecule has 0 saturated carbocycles. The van der Waals surface area contributed by atoms with Crippen molar-refractivity contribution in [1.82, 2.24) is 14.9 Å². The number of nitrogens with zero attached hydrogens (tertiary/aromatic N) is 2. The maximum Gasteiger partial charge on any atom is 0.270 e. The first kappa shape index (κ1) is 24.3. The molecule has 1 atom stereocenters. The molecular formula is C30H33N3O2. The van der Waals surface area contributed by atoms with E-state index in [1.165, 1.54) is 5.56 Å². The van der Waals surface area contributed by atoms with Crippen molar-refractivity contribution in [2.75, 3.05) is 7.11 Å². The number of benzene rings is 3. The van der Waals surface area contributed by atoms with Crippen LogP contribution >= 0.6 is 0 Å². The van der Waals surface area contributed by atoms with Gasteiger partial charge in [-0.05, 0) is 43.5 Å². The Kier molecular flexibility index (Phi) is 7.66. The van der Waals surface area contributed by atoms with Gasteiger partial charge in [-0.2, -0.15) is 0 Å². The van der Waals surface area contributed by atoms with Gasteiger partial charge in [0.2, 0.25) is 0 Å². The van der Waals surface area contributed by atoms with Gasteiger partial charge < -0.3 is 14.6 Å². The molecule has 1 aromatic heterocycles. The van der Waals surface area contributed by atoms with E-state index in [0.717, 1.165) is 41.1 Å². The number of hydrogen-bond acceptors (Lipinski definition) is 3. The Morgan fingerprint density at radius 3 is 2.23 bits per heavy atom. The van der Waals surface area contributed by atoms with Crippen LogP contribution in [0.15, 0.2) is 78.9 Å². The fraction of sp³-hybridized carbons (Fsp3) is 0.267. The molecule has 35 heavy (non-hydrogen) atoms. The Morgan fingerprint density at radius 2 is 1.63 bits per heavy atom. The van der Waals surface area contributed by atoms with Crippen molar-refractivity contribution in [2.45, 2.75) is 46.2 Å². The second kappa shape index (κ2) is 11.0. The lowest BCUT2D eigenvalue weighted by Crippen LogP contribution is -2.29. The van der Waals surface area contributed by atoms with Gasteiger partial charge in [0.25, 0.3) is 5.91 Å². The number of ether oxygens (including phenoxy) is 1. The summed E-state index contributed by atoms with van der Waals surface area (Å²) >= 11 is 0. The number of rotatable bonds is 9. The van der Waals surface area contributed by atoms with E-state index in [1.807, 2.05) is 73.0 Å². The van der Waals surface area contributed by atoms with Crippen molar-refractivity contribution in [3.05, 3.63) is 95.7 Å². The SMILES string of the molecule is CCCc1ccc(-c2nc(-c3ccccc3)n(CC)c2C(=O)N[C@H](C)c2ccc(OC)cc2)cc1. The summed E-state index contributed by atoms with van der Waals surface area (Å²) in [5, 5.41) is 3.19. The van der Waals surface area contributed by atoms with Gasteiger partial charge in [-0.1, -0.05) is 80.1 Å². The molecule has 0 spiro atoms. The van der Waals surface area contributed by atoms with Crippen molar-refractivity contribution >= 4 is 5.91 Å². The molecule has 1 N–H and O–H groups in total. The lowest BCUT2D eigenvalue weighted by Gasteiger charge is -2.17. The smallest absolute Gasteiger partial charge is 0.270 e. The molecule has 5 heteroatoms. The summed E-state index contributed by atoms with van der Waals surface area (Å²) in [6.45, 7) is 6.84. The molecule has 0 radical (unpaired) electrons. The highest BCUT2D eigenvalue weighted by molar-refractivity contribution is 5.99. The van der Waals surface area contributed by atoms with E-state index in [9.17, 15) is 4.79 Å². The number of aromatic nitrogens is 2. The highest BCUT2D eigenvalue weighted by Gasteiger charge is 2.25. The van der Waals surface area contributed by atoms with Gasteiger partial charge >= 0.3 is 0 Å². The van der Waals surface area contributed by atoms with E-state index >= 15 is 0 Å². The molecule has 0 bridgehead atoms. The molecule has 4 aromatic rings. The number of carbonyl (C=O) groups is 1. The van der Waals surface area contributed by atoms with E-state index in [2.05, 4.69) is 36.5 Å². The monoisotopic (exact) mass is 467 g/mol. The summed E-state index contributed by atoms with van der Waals surface area (Å²) in [5.41, 5.74) is 5.50. The molecule has 0 unspecified atom stereocenters. The number of hydrogen-bond donors (Lipinski definition) is 1. The number of nitrogens with one attached hydrogen (secondary N) is 1. The number of imidazole rings is 1. The first-order valence-corrected chi connectivity index (χ1v) is 12.3. The van der Waals surface area contributed by atoms with E-state index in [1.54, 1.807) is 7.11 Å². The molecule has 180 valence electrons. The number of carbonyl (C=O) groups excluding carboxylic acids is 1. The average molecular weight is 468 g/mol. The maximum absolute atomic E-state index is 13.7. The van der Waals surface area contributed by atoms with Gasteiger partial charge in [0.1, 0.15) is 23.0 Å². The Morgan fingerprint density at radius 1 is 0.943 bits per heavy atom. The predicted octanol–water partition coefficient (Wildman–Crippen LogP) is 6.69. The van der Waals surface area contributed by atoms with E-state index in [4.69, 9.17) is 9.72 Å². The minimum atomic E-state index is -0.173. The van der Waals surface area contributed by atoms with Crippen LogP contribution in [0.3, 0.4) is 0 Å². The Labute approximate surface area is 207 Å². The van der Waals surface area contributed by atoms with Crippen molar-refractivity contribution in [2.24, 2.45) is 0 Å². The number of amides is 1. The molecule has 4 rings (SSSR count). The minimum absolute atomic E-state index is 0.141. The molecule has 0 aliphatic heterocycles. The first-order valence-electron chi connectivity index (χ1n) is 12.3. The quantitative estimate of drug-likeness (QED) is 0.298. The van der Waals surface area contributed by atoms with Gasteiger partial charge in [0, 0.05) is 17.7 Å². The van der Waals surface area contributed by atoms with Crippen LogP contribution in [0.1, 0.15) is 54.8 Å². The van der Waals surface area contributed by atoms with Gasteiger partial charge in [-0.15, -0.1) is 0 Å². The third-order valence-electron chi connectivity index (χ3n) is 6.26. The molecule has 0 aliphatic rings. The molecule has 0 aliphatic carbocycles. The minimum Gasteiger partial charge on any atom is -0.497 e. The third kappa shape index (κ3) is 5.29. The van der Waals surface area contributed by atoms with Crippen LogP contribution in [-0.2, 0) is 13.0 Å². The zero-order valence-corrected chi connectivity index (χ0v) is 20.9. The van der Waals surface area contributed by atoms with Crippen LogP contribution in [0.25, 0.3) is 22.6 Å². The average Bonchev–Trinajstić information content (AvgIpc) is 3.30. The van der Waals surface area contributed by atoms with Crippen LogP contribution < -0.4 is 10.1 Å². The van der Waals surface area contributed by atoms with Crippen LogP contribution in [-0.4, -0.2) is 22.6 Å². The van der Waals surface area contributed by atoms with Gasteiger partial charge in [-0.3, -0.25) is 4.79 Å². The van der Waals surface area contributed by atoms with Crippen molar-refractivity contribution in [3.63, 3.8) is 0 Å². The van der Waals surface area contributed by atoms with Crippen LogP contribution in [0.2, 0.25) is 0 Å². The normalized spacial score (nSPS) is 11.8. The second-order valence-electron chi connectivity index (χ2n) is 8.66. The van der Waals surface area contributed by atoms with Crippen LogP contribution in [0.5, 0.6) is 5.75 Å². The van der Waals surface area contributed by atoms with Gasteiger partial charge in [0.05, 0.1) is 13.2 Å². The van der Waals surface area contributed by atoms with E-state index in [-0.39, 0.29) is 11.9 Å². The predicted molar refractivity (Wildman–Crippen MR) is 142 cm³/mol. The molecule has 3 aromatic carbocycles. The van der Waals surface area contributed by atoms with Crippen molar-refractivity contribution < 1.29 is 9.53 Å². The summed E-state index contributed by atoms with van der Waals surface area (Å²) in [4.78, 5) is 18.7. The van der Waals surface area contributed by atoms with Crippen LogP contribution in [0, 0.1) is 0 Å². The molecule has 5 nitrogen and oxygen atoms in total. The lowest BCUT2D eigenvalue weighted by molar-refractivity contribution is 0.0931. The van der Waals surface area contributed by atoms with Crippen molar-refractivity contribution in [1.29, 1.82) is 0 Å². The van der Waals surface area contributed by atoms with Gasteiger partial charge in [0.15, 0.2) is 0 Å². The number of methoxy groups -OCH3 is 1. The highest BCUT2D eigenvalue weighted by Crippen LogP contribution is 2.30. The molecule has 1 amide bonds. The highest BCUT2D eigenvalue weighted by atomic mass is 16.5. The summed E-state index contributed by atoms with van der Waals surface area (Å²) in [6.07, 6.45) is 2.13. The molecule has 0 saturated heterocycles. The lowest BCUT2D eigenvalue weighted by atomic mass is 10.0. The Hall–Kier alpha value is -3.86. The zero-order valence-electron chi connectivity index (χ0n) is 20.9. The number of aryl methyl sites for hydroxylation is 1. The standard InChI is InChI=1S/C30H33N3O2/c1-5-10-22-13-15-24(16-14-22)27-28(33(6-2)29(32-27)25-11-8-7-9-12-25)30(34)31-21(3)23-17-19-26(35-4)20-18-23/h7-9,11-21H,5-6,10H2,1-4H3,(H,31,34)/t21-/m1/s1. The molecular weight excluding hydrogens is 434 g/mol. The Balaban J connectivity index is 1.75. The molecule has 1 heterocycles. The van der Waals surface area contributed by atoms with Crippen LogP contribution in [0.4, 0.5) is 0 Å². The van der Waals surface area contributed by atoms with Gasteiger partial charge in [-0.25, -0.2) is 4.98 Å². The summed E-state index contributed by atoms with van der Waals surface area (Å²) < 4.78 is 7.28. The summed E-state index contributed by atoms with van der Waals surface area (Å²) in [5.74, 6) is 1.44. The third-order valence-corrected chi connectivity index (χ3v) is 6.26. The second-order valence-corrected chi connectivity index (χ2v) is 8.66. The summed E-state index contributed by atoms with van der Waals surface area (Å²) in [6, 6.07) is 26.1. The molecule has 0 fully saturated rings. The summed E-state index contributed by atoms with van der Waals surface area (Å²) in [7, 11) is 1.65. The van der Waals surface area contributed by atoms with E-state index < -0.39 is 0 Å². The van der Waals surface area contributed by atoms with Crippen molar-refractivity contribution in [3.8, 4) is 28.4 Å². The topological polar surface area (TPSA) is 56.2 Å². The fourth-order valence-corrected chi connectivity index (χ4v) is 4.36. The van der Waals surface area contributed by atoms with E-state index in [0.29, 0.717) is 17.9 Å². The largest absolute Gasteiger partial charge is 0.497 e.